The maximum Gasteiger partial charge on any atom is 0.409 e. The maximum absolute atomic E-state index is 12.6. The van der Waals surface area contributed by atoms with E-state index in [1.807, 2.05) is 20.8 Å². The van der Waals surface area contributed by atoms with Crippen molar-refractivity contribution in [3.63, 3.8) is 0 Å². The van der Waals surface area contributed by atoms with Crippen molar-refractivity contribution in [3.8, 4) is 0 Å². The zero-order chi connectivity index (χ0) is 20.0. The fourth-order valence-electron chi connectivity index (χ4n) is 2.83. The molecule has 8 heteroatoms. The number of hydrogen-bond donors (Lipinski definition) is 1. The first-order valence-electron chi connectivity index (χ1n) is 9.19. The number of carbonyl (C=O) groups is 2. The molecule has 6 nitrogen and oxygen atoms in total. The Morgan fingerprint density at radius 3 is 2.59 bits per heavy atom. The molecule has 0 aromatic heterocycles. The predicted molar refractivity (Wildman–Crippen MR) is 109 cm³/mol. The molecule has 1 aromatic carbocycles. The van der Waals surface area contributed by atoms with Gasteiger partial charge in [-0.3, -0.25) is 9.69 Å². The van der Waals surface area contributed by atoms with Gasteiger partial charge < -0.3 is 15.0 Å². The van der Waals surface area contributed by atoms with E-state index in [2.05, 4.69) is 10.2 Å². The number of hydrogen-bond acceptors (Lipinski definition) is 4. The summed E-state index contributed by atoms with van der Waals surface area (Å²) in [5.41, 5.74) is 0.495. The van der Waals surface area contributed by atoms with Crippen LogP contribution >= 0.6 is 23.2 Å². The number of nitrogens with zero attached hydrogens (tertiary/aromatic N) is 2. The number of nitrogens with one attached hydrogen (secondary N) is 1. The monoisotopic (exact) mass is 415 g/mol. The maximum atomic E-state index is 12.6. The third kappa shape index (κ3) is 6.55. The topological polar surface area (TPSA) is 61.9 Å². The van der Waals surface area contributed by atoms with E-state index in [0.29, 0.717) is 47.9 Å². The fraction of sp³-hybridized carbons (Fsp3) is 0.579. The summed E-state index contributed by atoms with van der Waals surface area (Å²) in [4.78, 5) is 28.5. The van der Waals surface area contributed by atoms with Gasteiger partial charge in [0.1, 0.15) is 0 Å². The van der Waals surface area contributed by atoms with Gasteiger partial charge in [-0.15, -0.1) is 0 Å². The lowest BCUT2D eigenvalue weighted by molar-refractivity contribution is -0.120. The largest absolute Gasteiger partial charge is 0.449 e. The molecule has 1 unspecified atom stereocenters. The summed E-state index contributed by atoms with van der Waals surface area (Å²) in [5, 5.41) is 3.78. The Labute approximate surface area is 170 Å². The first-order chi connectivity index (χ1) is 12.8. The quantitative estimate of drug-likeness (QED) is 0.785. The van der Waals surface area contributed by atoms with Crippen LogP contribution in [0.2, 0.25) is 10.0 Å². The second kappa shape index (κ2) is 10.2. The molecular formula is C19H27Cl2N3O3. The van der Waals surface area contributed by atoms with E-state index in [1.54, 1.807) is 23.1 Å². The normalized spacial score (nSPS) is 16.7. The highest BCUT2D eigenvalue weighted by molar-refractivity contribution is 6.35. The molecule has 1 fully saturated rings. The van der Waals surface area contributed by atoms with Gasteiger partial charge in [-0.25, -0.2) is 4.79 Å². The summed E-state index contributed by atoms with van der Waals surface area (Å²) in [6.45, 7) is 8.77. The van der Waals surface area contributed by atoms with Crippen molar-refractivity contribution in [1.29, 1.82) is 0 Å². The van der Waals surface area contributed by atoms with Crippen molar-refractivity contribution in [1.82, 2.24) is 9.80 Å². The minimum Gasteiger partial charge on any atom is -0.449 e. The van der Waals surface area contributed by atoms with Gasteiger partial charge in [0, 0.05) is 31.2 Å². The zero-order valence-electron chi connectivity index (χ0n) is 16.0. The Balaban J connectivity index is 1.91. The summed E-state index contributed by atoms with van der Waals surface area (Å²) in [6, 6.07) is 4.59. The van der Waals surface area contributed by atoms with Crippen LogP contribution in [0, 0.1) is 5.92 Å². The van der Waals surface area contributed by atoms with E-state index in [1.165, 1.54) is 0 Å². The van der Waals surface area contributed by atoms with E-state index >= 15 is 0 Å². The lowest BCUT2D eigenvalue weighted by Gasteiger charge is -2.27. The smallest absolute Gasteiger partial charge is 0.409 e. The Kier molecular flexibility index (Phi) is 8.20. The molecule has 1 aliphatic rings. The summed E-state index contributed by atoms with van der Waals surface area (Å²) >= 11 is 12.1. The van der Waals surface area contributed by atoms with Gasteiger partial charge in [0.05, 0.1) is 23.4 Å². The van der Waals surface area contributed by atoms with E-state index in [-0.39, 0.29) is 18.0 Å². The Morgan fingerprint density at radius 1 is 1.15 bits per heavy atom. The minimum absolute atomic E-state index is 0.157. The van der Waals surface area contributed by atoms with Crippen LogP contribution in [0.4, 0.5) is 10.5 Å². The summed E-state index contributed by atoms with van der Waals surface area (Å²) in [5.74, 6) is 0.148. The summed E-state index contributed by atoms with van der Waals surface area (Å²) < 4.78 is 5.31. The SMILES string of the molecule is CC(C)COC(=O)N1CCCN(C(C)C(=O)Nc2cc(Cl)ccc2Cl)CC1. The highest BCUT2D eigenvalue weighted by Crippen LogP contribution is 2.25. The third-order valence-electron chi connectivity index (χ3n) is 4.44. The fourth-order valence-corrected chi connectivity index (χ4v) is 3.17. The Morgan fingerprint density at radius 2 is 1.89 bits per heavy atom. The first-order valence-corrected chi connectivity index (χ1v) is 9.95. The molecule has 27 heavy (non-hydrogen) atoms. The van der Waals surface area contributed by atoms with Crippen LogP contribution in [0.15, 0.2) is 18.2 Å². The number of amides is 2. The van der Waals surface area contributed by atoms with Crippen LogP contribution in [0.25, 0.3) is 0 Å². The molecule has 0 saturated carbocycles. The number of benzene rings is 1. The lowest BCUT2D eigenvalue weighted by atomic mass is 10.2. The molecule has 0 aliphatic carbocycles. The standard InChI is InChI=1S/C19H27Cl2N3O3/c1-13(2)12-27-19(26)24-8-4-7-23(9-10-24)14(3)18(25)22-17-11-15(20)5-6-16(17)21/h5-6,11,13-14H,4,7-10,12H2,1-3H3,(H,22,25). The number of halogens is 2. The van der Waals surface area contributed by atoms with E-state index in [0.717, 1.165) is 13.0 Å². The zero-order valence-corrected chi connectivity index (χ0v) is 17.5. The molecule has 1 aliphatic heterocycles. The van der Waals surface area contributed by atoms with Crippen LogP contribution in [0.5, 0.6) is 0 Å². The van der Waals surface area contributed by atoms with Gasteiger partial charge in [0.15, 0.2) is 0 Å². The van der Waals surface area contributed by atoms with Crippen molar-refractivity contribution in [2.24, 2.45) is 5.92 Å². The molecule has 1 atom stereocenters. The molecule has 0 bridgehead atoms. The van der Waals surface area contributed by atoms with E-state index in [4.69, 9.17) is 27.9 Å². The van der Waals surface area contributed by atoms with Gasteiger partial charge in [-0.1, -0.05) is 37.0 Å². The molecule has 1 aromatic rings. The van der Waals surface area contributed by atoms with Gasteiger partial charge >= 0.3 is 6.09 Å². The van der Waals surface area contributed by atoms with Gasteiger partial charge in [0.2, 0.25) is 5.91 Å². The molecule has 0 spiro atoms. The number of ether oxygens (including phenoxy) is 1. The van der Waals surface area contributed by atoms with Crippen molar-refractivity contribution < 1.29 is 14.3 Å². The summed E-state index contributed by atoms with van der Waals surface area (Å²) in [7, 11) is 0. The first kappa shape index (κ1) is 21.8. The molecule has 0 radical (unpaired) electrons. The predicted octanol–water partition coefficient (Wildman–Crippen LogP) is 4.12. The second-order valence-electron chi connectivity index (χ2n) is 7.14. The molecule has 1 saturated heterocycles. The number of rotatable bonds is 5. The third-order valence-corrected chi connectivity index (χ3v) is 5.01. The molecule has 1 N–H and O–H groups in total. The highest BCUT2D eigenvalue weighted by atomic mass is 35.5. The molecular weight excluding hydrogens is 389 g/mol. The van der Waals surface area contributed by atoms with Crippen molar-refractivity contribution in [3.05, 3.63) is 28.2 Å². The van der Waals surface area contributed by atoms with Crippen LogP contribution in [0.1, 0.15) is 27.2 Å². The van der Waals surface area contributed by atoms with Crippen LogP contribution in [-0.4, -0.2) is 60.6 Å². The average Bonchev–Trinajstić information content (AvgIpc) is 2.88. The van der Waals surface area contributed by atoms with Gasteiger partial charge in [-0.05, 0) is 37.5 Å². The van der Waals surface area contributed by atoms with Crippen LogP contribution in [0.3, 0.4) is 0 Å². The number of carbonyl (C=O) groups excluding carboxylic acids is 2. The van der Waals surface area contributed by atoms with Gasteiger partial charge in [-0.2, -0.15) is 0 Å². The van der Waals surface area contributed by atoms with E-state index < -0.39 is 0 Å². The van der Waals surface area contributed by atoms with Crippen LogP contribution < -0.4 is 5.32 Å². The van der Waals surface area contributed by atoms with Crippen LogP contribution in [-0.2, 0) is 9.53 Å². The highest BCUT2D eigenvalue weighted by Gasteiger charge is 2.26. The van der Waals surface area contributed by atoms with Crippen molar-refractivity contribution in [2.45, 2.75) is 33.2 Å². The molecule has 2 amide bonds. The number of anilines is 1. The minimum atomic E-state index is -0.355. The Bertz CT molecular complexity index is 670. The lowest BCUT2D eigenvalue weighted by Crippen LogP contribution is -2.44. The average molecular weight is 416 g/mol. The second-order valence-corrected chi connectivity index (χ2v) is 7.98. The van der Waals surface area contributed by atoms with E-state index in [9.17, 15) is 9.59 Å². The van der Waals surface area contributed by atoms with Gasteiger partial charge in [0.25, 0.3) is 0 Å². The molecule has 2 rings (SSSR count). The molecule has 150 valence electrons. The molecule has 1 heterocycles. The van der Waals surface area contributed by atoms with Crippen molar-refractivity contribution in [2.75, 3.05) is 38.1 Å². The summed E-state index contributed by atoms with van der Waals surface area (Å²) in [6.07, 6.45) is 0.500. The Hall–Kier alpha value is -1.50. The van der Waals surface area contributed by atoms with Crippen molar-refractivity contribution >= 4 is 40.9 Å².